The molecule has 106 valence electrons. The summed E-state index contributed by atoms with van der Waals surface area (Å²) in [5.74, 6) is 5.11. The number of hydrogen-bond acceptors (Lipinski definition) is 3. The summed E-state index contributed by atoms with van der Waals surface area (Å²) >= 11 is 9.13. The Hall–Kier alpha value is -1.01. The zero-order valence-electron chi connectivity index (χ0n) is 11.0. The molecular weight excluding hydrogens is 345 g/mol. The number of nitrogens with two attached hydrogens (primary N) is 1. The van der Waals surface area contributed by atoms with Gasteiger partial charge in [-0.2, -0.15) is 0 Å². The lowest BCUT2D eigenvalue weighted by Crippen LogP contribution is -2.30. The van der Waals surface area contributed by atoms with E-state index in [9.17, 15) is 4.39 Å². The van der Waals surface area contributed by atoms with Gasteiger partial charge in [-0.25, -0.2) is 9.82 Å². The molecule has 0 radical (unpaired) electrons. The summed E-state index contributed by atoms with van der Waals surface area (Å²) in [5, 5.41) is 0.0421. The third-order valence-electron chi connectivity index (χ3n) is 3.12. The van der Waals surface area contributed by atoms with Gasteiger partial charge in [-0.15, -0.1) is 0 Å². The molecule has 2 rings (SSSR count). The third-order valence-corrected chi connectivity index (χ3v) is 4.38. The van der Waals surface area contributed by atoms with Crippen LogP contribution in [0, 0.1) is 19.7 Å². The quantitative estimate of drug-likeness (QED) is 0.498. The van der Waals surface area contributed by atoms with Gasteiger partial charge in [0, 0.05) is 21.4 Å². The van der Waals surface area contributed by atoms with Crippen molar-refractivity contribution in [3.8, 4) is 0 Å². The number of nitrogens with one attached hydrogen (secondary N) is 1. The van der Waals surface area contributed by atoms with Crippen LogP contribution in [0.5, 0.6) is 0 Å². The molecule has 0 aliphatic rings. The second-order valence-electron chi connectivity index (χ2n) is 4.49. The Balaban J connectivity index is 2.55. The van der Waals surface area contributed by atoms with Gasteiger partial charge in [0.2, 0.25) is 0 Å². The summed E-state index contributed by atoms with van der Waals surface area (Å²) < 4.78 is 14.8. The van der Waals surface area contributed by atoms with E-state index in [1.54, 1.807) is 12.1 Å². The number of halogens is 3. The second kappa shape index (κ2) is 6.18. The number of benzene rings is 1. The van der Waals surface area contributed by atoms with Gasteiger partial charge in [0.25, 0.3) is 0 Å². The fourth-order valence-electron chi connectivity index (χ4n) is 2.11. The summed E-state index contributed by atoms with van der Waals surface area (Å²) in [6, 6.07) is 6.59. The lowest BCUT2D eigenvalue weighted by molar-refractivity contribution is 0.557. The number of hydrazine groups is 1. The lowest BCUT2D eigenvalue weighted by Gasteiger charge is -2.20. The van der Waals surface area contributed by atoms with Gasteiger partial charge >= 0.3 is 0 Å². The molecule has 1 atom stereocenters. The van der Waals surface area contributed by atoms with Crippen LogP contribution in [-0.4, -0.2) is 4.98 Å². The topological polar surface area (TPSA) is 50.9 Å². The van der Waals surface area contributed by atoms with Crippen molar-refractivity contribution in [1.29, 1.82) is 0 Å². The average Bonchev–Trinajstić information content (AvgIpc) is 2.41. The molecule has 1 heterocycles. The maximum Gasteiger partial charge on any atom is 0.148 e. The van der Waals surface area contributed by atoms with E-state index in [0.717, 1.165) is 17.0 Å². The Kier molecular flexibility index (Phi) is 4.75. The number of rotatable bonds is 3. The molecule has 1 aromatic heterocycles. The number of hydrogen-bond donors (Lipinski definition) is 2. The summed E-state index contributed by atoms with van der Waals surface area (Å²) in [4.78, 5) is 4.38. The van der Waals surface area contributed by atoms with E-state index < -0.39 is 11.9 Å². The summed E-state index contributed by atoms with van der Waals surface area (Å²) in [7, 11) is 0. The molecule has 1 unspecified atom stereocenters. The summed E-state index contributed by atoms with van der Waals surface area (Å²) in [6.07, 6.45) is 0. The maximum atomic E-state index is 14.3. The van der Waals surface area contributed by atoms with Crippen LogP contribution in [0.2, 0.25) is 5.02 Å². The lowest BCUT2D eigenvalue weighted by atomic mass is 9.97. The van der Waals surface area contributed by atoms with E-state index in [0.29, 0.717) is 10.0 Å². The van der Waals surface area contributed by atoms with Gasteiger partial charge in [-0.3, -0.25) is 10.8 Å². The zero-order chi connectivity index (χ0) is 14.9. The molecule has 0 saturated carbocycles. The molecule has 0 aliphatic heterocycles. The van der Waals surface area contributed by atoms with Crippen molar-refractivity contribution in [2.75, 3.05) is 0 Å². The molecule has 0 spiro atoms. The van der Waals surface area contributed by atoms with Gasteiger partial charge in [-0.1, -0.05) is 23.7 Å². The number of pyridine rings is 1. The van der Waals surface area contributed by atoms with Crippen LogP contribution in [0.25, 0.3) is 0 Å². The smallest absolute Gasteiger partial charge is 0.148 e. The first kappa shape index (κ1) is 15.4. The Morgan fingerprint density at radius 2 is 1.90 bits per heavy atom. The number of aromatic nitrogens is 1. The molecule has 0 amide bonds. The van der Waals surface area contributed by atoms with E-state index in [-0.39, 0.29) is 5.02 Å². The molecule has 0 aliphatic carbocycles. The number of nitrogens with zero attached hydrogens (tertiary/aromatic N) is 1. The van der Waals surface area contributed by atoms with Crippen LogP contribution in [0.3, 0.4) is 0 Å². The molecule has 0 fully saturated rings. The minimum absolute atomic E-state index is 0.0421. The van der Waals surface area contributed by atoms with Gasteiger partial charge in [0.05, 0.1) is 11.1 Å². The normalized spacial score (nSPS) is 12.5. The van der Waals surface area contributed by atoms with Crippen LogP contribution in [0.4, 0.5) is 4.39 Å². The van der Waals surface area contributed by atoms with E-state index in [1.165, 1.54) is 0 Å². The van der Waals surface area contributed by atoms with Crippen molar-refractivity contribution in [3.05, 3.63) is 62.1 Å². The van der Waals surface area contributed by atoms with E-state index in [2.05, 4.69) is 26.3 Å². The molecular formula is C14H14BrClFN3. The Labute approximate surface area is 130 Å². The number of aryl methyl sites for hydroxylation is 2. The Morgan fingerprint density at radius 1 is 1.25 bits per heavy atom. The summed E-state index contributed by atoms with van der Waals surface area (Å²) in [5.41, 5.74) is 5.52. The van der Waals surface area contributed by atoms with Gasteiger partial charge in [-0.05, 0) is 47.5 Å². The standard InChI is InChI=1S/C14H14BrClFN3/c1-7-3-4-9(8(2)19-7)14(20-18)10-5-6-11(15)12(16)13(10)17/h3-6,14,20H,18H2,1-2H3. The van der Waals surface area contributed by atoms with Crippen LogP contribution in [0.15, 0.2) is 28.7 Å². The van der Waals surface area contributed by atoms with Crippen molar-refractivity contribution in [1.82, 2.24) is 10.4 Å². The predicted molar refractivity (Wildman–Crippen MR) is 82.0 cm³/mol. The van der Waals surface area contributed by atoms with E-state index in [1.807, 2.05) is 26.0 Å². The second-order valence-corrected chi connectivity index (χ2v) is 5.72. The summed E-state index contributed by atoms with van der Waals surface area (Å²) in [6.45, 7) is 3.77. The fraction of sp³-hybridized carbons (Fsp3) is 0.214. The van der Waals surface area contributed by atoms with E-state index in [4.69, 9.17) is 17.4 Å². The highest BCUT2D eigenvalue weighted by molar-refractivity contribution is 9.10. The fourth-order valence-corrected chi connectivity index (χ4v) is 2.59. The molecule has 1 aromatic carbocycles. The van der Waals surface area contributed by atoms with Crippen molar-refractivity contribution >= 4 is 27.5 Å². The molecule has 20 heavy (non-hydrogen) atoms. The first-order valence-electron chi connectivity index (χ1n) is 5.99. The monoisotopic (exact) mass is 357 g/mol. The first-order valence-corrected chi connectivity index (χ1v) is 7.16. The third kappa shape index (κ3) is 2.86. The zero-order valence-corrected chi connectivity index (χ0v) is 13.4. The SMILES string of the molecule is Cc1ccc(C(NN)c2ccc(Br)c(Cl)c2F)c(C)n1. The minimum Gasteiger partial charge on any atom is -0.271 e. The van der Waals surface area contributed by atoms with E-state index >= 15 is 0 Å². The highest BCUT2D eigenvalue weighted by Crippen LogP contribution is 2.33. The Morgan fingerprint density at radius 3 is 2.50 bits per heavy atom. The highest BCUT2D eigenvalue weighted by atomic mass is 79.9. The molecule has 6 heteroatoms. The average molecular weight is 359 g/mol. The van der Waals surface area contributed by atoms with Gasteiger partial charge in [0.1, 0.15) is 5.82 Å². The van der Waals surface area contributed by atoms with Crippen molar-refractivity contribution in [2.24, 2.45) is 5.84 Å². The van der Waals surface area contributed by atoms with Gasteiger partial charge < -0.3 is 0 Å². The first-order chi connectivity index (χ1) is 9.45. The van der Waals surface area contributed by atoms with Crippen molar-refractivity contribution in [2.45, 2.75) is 19.9 Å². The molecule has 0 saturated heterocycles. The van der Waals surface area contributed by atoms with Gasteiger partial charge in [0.15, 0.2) is 0 Å². The van der Waals surface area contributed by atoms with Crippen LogP contribution >= 0.6 is 27.5 Å². The van der Waals surface area contributed by atoms with Crippen molar-refractivity contribution < 1.29 is 4.39 Å². The largest absolute Gasteiger partial charge is 0.271 e. The molecule has 0 bridgehead atoms. The Bertz CT molecular complexity index is 649. The predicted octanol–water partition coefficient (Wildman–Crippen LogP) is 3.81. The molecule has 3 N–H and O–H groups in total. The van der Waals surface area contributed by atoms with Crippen molar-refractivity contribution in [3.63, 3.8) is 0 Å². The maximum absolute atomic E-state index is 14.3. The highest BCUT2D eigenvalue weighted by Gasteiger charge is 2.21. The van der Waals surface area contributed by atoms with Crippen LogP contribution in [0.1, 0.15) is 28.6 Å². The van der Waals surface area contributed by atoms with Crippen LogP contribution < -0.4 is 11.3 Å². The van der Waals surface area contributed by atoms with Crippen LogP contribution in [-0.2, 0) is 0 Å². The minimum atomic E-state index is -0.506. The molecule has 3 nitrogen and oxygen atoms in total. The molecule has 2 aromatic rings.